The Labute approximate surface area is 194 Å². The number of nitrogens with two attached hydrogens (primary N) is 1. The Morgan fingerprint density at radius 1 is 1.16 bits per heavy atom. The smallest absolute Gasteiger partial charge is 0.325 e. The second kappa shape index (κ2) is 11.8. The van der Waals surface area contributed by atoms with Crippen molar-refractivity contribution in [1.29, 1.82) is 0 Å². The molecule has 1 amide bonds. The Morgan fingerprint density at radius 2 is 1.84 bits per heavy atom. The Morgan fingerprint density at radius 3 is 2.47 bits per heavy atom. The monoisotopic (exact) mass is 461 g/mol. The first-order valence-electron chi connectivity index (χ1n) is 11.6. The quantitative estimate of drug-likeness (QED) is 0.294. The number of ether oxygens (including phenoxy) is 1. The van der Waals surface area contributed by atoms with E-state index >= 15 is 0 Å². The van der Waals surface area contributed by atoms with Gasteiger partial charge in [0.2, 0.25) is 5.91 Å². The molecule has 1 aromatic carbocycles. The molecule has 32 heavy (non-hydrogen) atoms. The SMILES string of the molecule is CC(C)C1C(=O)NC(SCC(=O)c2ccc(OC(=O)CN)cc2)NC1CC1CCCCC1. The molecule has 1 heterocycles. The van der Waals surface area contributed by atoms with Crippen LogP contribution in [0.15, 0.2) is 24.3 Å². The van der Waals surface area contributed by atoms with Crippen molar-refractivity contribution in [2.45, 2.75) is 63.9 Å². The van der Waals surface area contributed by atoms with Crippen molar-refractivity contribution in [3.8, 4) is 5.75 Å². The molecule has 1 aromatic rings. The van der Waals surface area contributed by atoms with Crippen molar-refractivity contribution >= 4 is 29.4 Å². The van der Waals surface area contributed by atoms with Gasteiger partial charge in [0, 0.05) is 11.6 Å². The predicted octanol–water partition coefficient (Wildman–Crippen LogP) is 3.08. The number of hydrogen-bond acceptors (Lipinski definition) is 7. The highest BCUT2D eigenvalue weighted by atomic mass is 32.2. The van der Waals surface area contributed by atoms with Crippen molar-refractivity contribution in [2.24, 2.45) is 23.5 Å². The van der Waals surface area contributed by atoms with Gasteiger partial charge in [0.25, 0.3) is 0 Å². The molecule has 8 heteroatoms. The van der Waals surface area contributed by atoms with Crippen LogP contribution in [0.25, 0.3) is 0 Å². The minimum Gasteiger partial charge on any atom is -0.426 e. The number of hydrogen-bond donors (Lipinski definition) is 3. The van der Waals surface area contributed by atoms with E-state index < -0.39 is 5.97 Å². The molecule has 0 radical (unpaired) electrons. The summed E-state index contributed by atoms with van der Waals surface area (Å²) in [6.45, 7) is 4.01. The number of benzene rings is 1. The third-order valence-electron chi connectivity index (χ3n) is 6.36. The van der Waals surface area contributed by atoms with Crippen LogP contribution in [0.2, 0.25) is 0 Å². The maximum Gasteiger partial charge on any atom is 0.325 e. The Bertz CT molecular complexity index is 793. The zero-order valence-electron chi connectivity index (χ0n) is 19.0. The Balaban J connectivity index is 1.56. The van der Waals surface area contributed by atoms with E-state index in [-0.39, 0.29) is 47.4 Å². The fourth-order valence-corrected chi connectivity index (χ4v) is 5.68. The molecule has 4 N–H and O–H groups in total. The van der Waals surface area contributed by atoms with Gasteiger partial charge in [-0.1, -0.05) is 46.0 Å². The van der Waals surface area contributed by atoms with Crippen molar-refractivity contribution in [3.63, 3.8) is 0 Å². The maximum atomic E-state index is 12.9. The number of esters is 1. The van der Waals surface area contributed by atoms with Crippen LogP contribution in [0.5, 0.6) is 5.75 Å². The molecule has 2 fully saturated rings. The maximum absolute atomic E-state index is 12.9. The normalized spacial score (nSPS) is 24.2. The summed E-state index contributed by atoms with van der Waals surface area (Å²) in [4.78, 5) is 36.8. The van der Waals surface area contributed by atoms with Gasteiger partial charge in [-0.3, -0.25) is 19.7 Å². The molecule has 0 aromatic heterocycles. The van der Waals surface area contributed by atoms with Gasteiger partial charge in [0.05, 0.1) is 18.2 Å². The van der Waals surface area contributed by atoms with Crippen LogP contribution >= 0.6 is 11.8 Å². The molecule has 2 aliphatic rings. The standard InChI is InChI=1S/C24H35N3O4S/c1-15(2)22-19(12-16-6-4-3-5-7-16)26-24(27-23(22)30)32-14-20(28)17-8-10-18(11-9-17)31-21(29)13-25/h8-11,15-16,19,22,24,26H,3-7,12-14,25H2,1-2H3,(H,27,30). The van der Waals surface area contributed by atoms with Gasteiger partial charge < -0.3 is 15.8 Å². The molecule has 1 aliphatic heterocycles. The lowest BCUT2D eigenvalue weighted by molar-refractivity contribution is -0.133. The fourth-order valence-electron chi connectivity index (χ4n) is 4.73. The van der Waals surface area contributed by atoms with E-state index in [1.54, 1.807) is 24.3 Å². The van der Waals surface area contributed by atoms with Crippen molar-refractivity contribution in [3.05, 3.63) is 29.8 Å². The number of carbonyl (C=O) groups is 3. The van der Waals surface area contributed by atoms with E-state index in [4.69, 9.17) is 10.5 Å². The third kappa shape index (κ3) is 6.80. The zero-order valence-corrected chi connectivity index (χ0v) is 19.8. The summed E-state index contributed by atoms with van der Waals surface area (Å²) in [6, 6.07) is 6.57. The molecule has 3 atom stereocenters. The summed E-state index contributed by atoms with van der Waals surface area (Å²) in [6.07, 6.45) is 7.40. The molecule has 3 unspecified atom stereocenters. The molecule has 1 saturated heterocycles. The van der Waals surface area contributed by atoms with Crippen molar-refractivity contribution in [1.82, 2.24) is 10.6 Å². The van der Waals surface area contributed by atoms with Crippen LogP contribution < -0.4 is 21.1 Å². The minimum atomic E-state index is -0.527. The van der Waals surface area contributed by atoms with E-state index in [9.17, 15) is 14.4 Å². The van der Waals surface area contributed by atoms with Gasteiger partial charge in [0.1, 0.15) is 11.2 Å². The number of thioether (sulfide) groups is 1. The molecular formula is C24H35N3O4S. The van der Waals surface area contributed by atoms with E-state index in [1.165, 1.54) is 43.9 Å². The number of nitrogens with one attached hydrogen (secondary N) is 2. The number of carbonyl (C=O) groups excluding carboxylic acids is 3. The first-order chi connectivity index (χ1) is 15.4. The predicted molar refractivity (Wildman–Crippen MR) is 126 cm³/mol. The average molecular weight is 462 g/mol. The molecule has 0 bridgehead atoms. The molecule has 0 spiro atoms. The second-order valence-electron chi connectivity index (χ2n) is 9.11. The van der Waals surface area contributed by atoms with E-state index in [0.717, 1.165) is 6.42 Å². The molecule has 1 saturated carbocycles. The van der Waals surface area contributed by atoms with Crippen LogP contribution in [-0.4, -0.2) is 41.5 Å². The number of Topliss-reactive ketones (excluding diaryl/α,β-unsaturated/α-hetero) is 1. The topological polar surface area (TPSA) is 111 Å². The second-order valence-corrected chi connectivity index (χ2v) is 10.2. The zero-order chi connectivity index (χ0) is 23.1. The first kappa shape index (κ1) is 24.7. The molecule has 3 rings (SSSR count). The summed E-state index contributed by atoms with van der Waals surface area (Å²) >= 11 is 1.41. The van der Waals surface area contributed by atoms with Crippen LogP contribution in [0.4, 0.5) is 0 Å². The minimum absolute atomic E-state index is 0.0439. The summed E-state index contributed by atoms with van der Waals surface area (Å²) < 4.78 is 5.03. The number of amides is 1. The summed E-state index contributed by atoms with van der Waals surface area (Å²) in [7, 11) is 0. The lowest BCUT2D eigenvalue weighted by atomic mass is 9.78. The van der Waals surface area contributed by atoms with Gasteiger partial charge in [-0.2, -0.15) is 0 Å². The van der Waals surface area contributed by atoms with Crippen molar-refractivity contribution < 1.29 is 19.1 Å². The van der Waals surface area contributed by atoms with Crippen molar-refractivity contribution in [2.75, 3.05) is 12.3 Å². The van der Waals surface area contributed by atoms with Gasteiger partial charge in [-0.25, -0.2) is 0 Å². The average Bonchev–Trinajstić information content (AvgIpc) is 2.78. The van der Waals surface area contributed by atoms with E-state index in [2.05, 4.69) is 24.5 Å². The summed E-state index contributed by atoms with van der Waals surface area (Å²) in [5.74, 6) is 0.990. The fraction of sp³-hybridized carbons (Fsp3) is 0.625. The summed E-state index contributed by atoms with van der Waals surface area (Å²) in [5, 5.41) is 6.67. The number of rotatable bonds is 9. The molecular weight excluding hydrogens is 426 g/mol. The molecule has 176 valence electrons. The van der Waals surface area contributed by atoms with Gasteiger partial charge >= 0.3 is 5.97 Å². The van der Waals surface area contributed by atoms with Gasteiger partial charge in [0.15, 0.2) is 5.78 Å². The largest absolute Gasteiger partial charge is 0.426 e. The Kier molecular flexibility index (Phi) is 9.13. The van der Waals surface area contributed by atoms with Gasteiger partial charge in [-0.05, 0) is 42.5 Å². The third-order valence-corrected chi connectivity index (χ3v) is 7.38. The van der Waals surface area contributed by atoms with Crippen LogP contribution in [-0.2, 0) is 9.59 Å². The van der Waals surface area contributed by atoms with Crippen LogP contribution in [0.3, 0.4) is 0 Å². The highest BCUT2D eigenvalue weighted by Gasteiger charge is 2.39. The lowest BCUT2D eigenvalue weighted by Crippen LogP contribution is -2.61. The van der Waals surface area contributed by atoms with Crippen LogP contribution in [0.1, 0.15) is 62.7 Å². The van der Waals surface area contributed by atoms with E-state index in [1.807, 2.05) is 0 Å². The highest BCUT2D eigenvalue weighted by Crippen LogP contribution is 2.33. The van der Waals surface area contributed by atoms with Crippen LogP contribution in [0, 0.1) is 17.8 Å². The highest BCUT2D eigenvalue weighted by molar-refractivity contribution is 8.00. The number of ketones is 1. The van der Waals surface area contributed by atoms with Gasteiger partial charge in [-0.15, -0.1) is 11.8 Å². The first-order valence-corrected chi connectivity index (χ1v) is 12.6. The Hall–Kier alpha value is -1.90. The lowest BCUT2D eigenvalue weighted by Gasteiger charge is -2.41. The summed E-state index contributed by atoms with van der Waals surface area (Å²) in [5.41, 5.74) is 5.49. The van der Waals surface area contributed by atoms with E-state index in [0.29, 0.717) is 17.2 Å². The molecule has 7 nitrogen and oxygen atoms in total. The molecule has 1 aliphatic carbocycles.